The third-order valence-corrected chi connectivity index (χ3v) is 4.89. The quantitative estimate of drug-likeness (QED) is 0.631. The van der Waals surface area contributed by atoms with Crippen LogP contribution in [0.4, 0.5) is 0 Å². The van der Waals surface area contributed by atoms with Crippen LogP contribution < -0.4 is 0 Å². The van der Waals surface area contributed by atoms with E-state index in [0.717, 1.165) is 11.1 Å². The molecule has 21 heavy (non-hydrogen) atoms. The van der Waals surface area contributed by atoms with Crippen molar-refractivity contribution >= 4 is 17.5 Å². The minimum atomic E-state index is -1.01. The summed E-state index contributed by atoms with van der Waals surface area (Å²) >= 11 is 0. The zero-order valence-electron chi connectivity index (χ0n) is 12.1. The van der Waals surface area contributed by atoms with Crippen LogP contribution in [0.5, 0.6) is 0 Å². The first-order chi connectivity index (χ1) is 10.1. The molecular weight excluding hydrogens is 268 g/mol. The molecule has 0 saturated heterocycles. The van der Waals surface area contributed by atoms with E-state index in [1.165, 1.54) is 7.11 Å². The second-order valence-electron chi connectivity index (χ2n) is 5.91. The van der Waals surface area contributed by atoms with E-state index >= 15 is 0 Å². The molecule has 2 bridgehead atoms. The summed E-state index contributed by atoms with van der Waals surface area (Å²) in [6, 6.07) is 7.84. The standard InChI is InChI=1S/C17H18O4/c1-21-15(19)8-9-17-10-11-4-2-3-5-12(11)13(16(17)20)6-7-14(17)18/h2-5,13H,6-10H2,1H3/t13-,17-/m0/s1. The van der Waals surface area contributed by atoms with Gasteiger partial charge in [0.2, 0.25) is 0 Å². The van der Waals surface area contributed by atoms with Crippen molar-refractivity contribution in [3.05, 3.63) is 35.4 Å². The van der Waals surface area contributed by atoms with Crippen LogP contribution in [0.2, 0.25) is 0 Å². The van der Waals surface area contributed by atoms with Gasteiger partial charge in [-0.05, 0) is 30.4 Å². The molecule has 1 aromatic rings. The van der Waals surface area contributed by atoms with Gasteiger partial charge in [-0.2, -0.15) is 0 Å². The van der Waals surface area contributed by atoms with Crippen LogP contribution in [-0.2, 0) is 25.5 Å². The molecule has 0 unspecified atom stereocenters. The molecule has 0 aromatic heterocycles. The third-order valence-electron chi connectivity index (χ3n) is 4.89. The van der Waals surface area contributed by atoms with Crippen molar-refractivity contribution in [3.8, 4) is 0 Å². The summed E-state index contributed by atoms with van der Waals surface area (Å²) in [5.74, 6) is -0.570. The highest BCUT2D eigenvalue weighted by Crippen LogP contribution is 2.49. The average molecular weight is 286 g/mol. The van der Waals surface area contributed by atoms with Crippen molar-refractivity contribution in [3.63, 3.8) is 0 Å². The van der Waals surface area contributed by atoms with E-state index in [1.54, 1.807) is 0 Å². The molecule has 110 valence electrons. The van der Waals surface area contributed by atoms with Crippen LogP contribution in [0.15, 0.2) is 24.3 Å². The first-order valence-electron chi connectivity index (χ1n) is 7.31. The maximum absolute atomic E-state index is 12.8. The fourth-order valence-corrected chi connectivity index (χ4v) is 3.73. The van der Waals surface area contributed by atoms with Gasteiger partial charge in [-0.15, -0.1) is 0 Å². The molecule has 4 heteroatoms. The van der Waals surface area contributed by atoms with Crippen LogP contribution in [0.3, 0.4) is 0 Å². The Kier molecular flexibility index (Phi) is 3.40. The Hall–Kier alpha value is -1.97. The maximum Gasteiger partial charge on any atom is 0.305 e. The first kappa shape index (κ1) is 14.0. The lowest BCUT2D eigenvalue weighted by Gasteiger charge is -2.43. The second-order valence-corrected chi connectivity index (χ2v) is 5.91. The molecule has 0 amide bonds. The van der Waals surface area contributed by atoms with Gasteiger partial charge in [0.05, 0.1) is 12.5 Å². The van der Waals surface area contributed by atoms with E-state index in [0.29, 0.717) is 19.3 Å². The summed E-state index contributed by atoms with van der Waals surface area (Å²) in [5.41, 5.74) is 1.12. The van der Waals surface area contributed by atoms with E-state index < -0.39 is 5.41 Å². The SMILES string of the molecule is COC(=O)CC[C@]12Cc3ccccc3[C@H](CCC1=O)C2=O. The maximum atomic E-state index is 12.8. The van der Waals surface area contributed by atoms with Gasteiger partial charge in [-0.25, -0.2) is 0 Å². The zero-order chi connectivity index (χ0) is 15.0. The van der Waals surface area contributed by atoms with Crippen molar-refractivity contribution in [2.24, 2.45) is 5.41 Å². The van der Waals surface area contributed by atoms with E-state index in [1.807, 2.05) is 24.3 Å². The molecule has 0 heterocycles. The van der Waals surface area contributed by atoms with Crippen LogP contribution >= 0.6 is 0 Å². The average Bonchev–Trinajstić information content (AvgIpc) is 2.50. The Labute approximate surface area is 123 Å². The van der Waals surface area contributed by atoms with Gasteiger partial charge in [0, 0.05) is 18.8 Å². The molecular formula is C17H18O4. The van der Waals surface area contributed by atoms with Gasteiger partial charge in [0.15, 0.2) is 5.78 Å². The molecule has 0 spiro atoms. The number of rotatable bonds is 3. The van der Waals surface area contributed by atoms with Gasteiger partial charge in [-0.3, -0.25) is 14.4 Å². The summed E-state index contributed by atoms with van der Waals surface area (Å²) in [7, 11) is 1.32. The summed E-state index contributed by atoms with van der Waals surface area (Å²) in [4.78, 5) is 36.7. The number of hydrogen-bond donors (Lipinski definition) is 0. The lowest BCUT2D eigenvalue weighted by molar-refractivity contribution is -0.148. The minimum absolute atomic E-state index is 0.00125. The summed E-state index contributed by atoms with van der Waals surface area (Å²) < 4.78 is 4.65. The normalized spacial score (nSPS) is 27.2. The van der Waals surface area contributed by atoms with E-state index in [2.05, 4.69) is 4.74 Å². The highest BCUT2D eigenvalue weighted by molar-refractivity contribution is 6.13. The van der Waals surface area contributed by atoms with Crippen molar-refractivity contribution in [2.75, 3.05) is 7.11 Å². The van der Waals surface area contributed by atoms with Gasteiger partial charge >= 0.3 is 5.97 Å². The van der Waals surface area contributed by atoms with Crippen LogP contribution in [0.1, 0.15) is 42.7 Å². The molecule has 0 radical (unpaired) electrons. The molecule has 2 aliphatic carbocycles. The number of fused-ring (bicyclic) bond motifs is 4. The number of ketones is 2. The van der Waals surface area contributed by atoms with Gasteiger partial charge in [0.25, 0.3) is 0 Å². The van der Waals surface area contributed by atoms with Crippen molar-refractivity contribution < 1.29 is 19.1 Å². The van der Waals surface area contributed by atoms with Crippen LogP contribution in [0.25, 0.3) is 0 Å². The van der Waals surface area contributed by atoms with E-state index in [-0.39, 0.29) is 36.3 Å². The van der Waals surface area contributed by atoms with Crippen molar-refractivity contribution in [1.82, 2.24) is 0 Å². The Balaban J connectivity index is 1.99. The van der Waals surface area contributed by atoms with Gasteiger partial charge in [0.1, 0.15) is 5.78 Å². The number of carbonyl (C=O) groups is 3. The topological polar surface area (TPSA) is 60.4 Å². The fraction of sp³-hybridized carbons (Fsp3) is 0.471. The Morgan fingerprint density at radius 1 is 1.33 bits per heavy atom. The summed E-state index contributed by atoms with van der Waals surface area (Å²) in [6.45, 7) is 0. The lowest BCUT2D eigenvalue weighted by atomic mass is 9.57. The number of esters is 1. The van der Waals surface area contributed by atoms with E-state index in [9.17, 15) is 14.4 Å². The molecule has 0 aliphatic heterocycles. The summed E-state index contributed by atoms with van der Waals surface area (Å²) in [6.07, 6.45) is 1.82. The molecule has 1 fully saturated rings. The highest BCUT2D eigenvalue weighted by Gasteiger charge is 2.54. The first-order valence-corrected chi connectivity index (χ1v) is 7.31. The Morgan fingerprint density at radius 2 is 2.10 bits per heavy atom. The Morgan fingerprint density at radius 3 is 2.86 bits per heavy atom. The predicted molar refractivity (Wildman–Crippen MR) is 75.8 cm³/mol. The number of carbonyl (C=O) groups excluding carboxylic acids is 3. The van der Waals surface area contributed by atoms with E-state index in [4.69, 9.17) is 0 Å². The highest BCUT2D eigenvalue weighted by atomic mass is 16.5. The Bertz CT molecular complexity index is 619. The number of hydrogen-bond acceptors (Lipinski definition) is 4. The zero-order valence-corrected chi connectivity index (χ0v) is 12.1. The monoisotopic (exact) mass is 286 g/mol. The smallest absolute Gasteiger partial charge is 0.305 e. The molecule has 3 rings (SSSR count). The summed E-state index contributed by atoms with van der Waals surface area (Å²) in [5, 5.41) is 0. The van der Waals surface area contributed by atoms with Crippen LogP contribution in [0, 0.1) is 5.41 Å². The van der Waals surface area contributed by atoms with Crippen molar-refractivity contribution in [1.29, 1.82) is 0 Å². The third kappa shape index (κ3) is 2.09. The predicted octanol–water partition coefficient (Wildman–Crippen LogP) is 2.20. The number of methoxy groups -OCH3 is 1. The number of ether oxygens (including phenoxy) is 1. The fourth-order valence-electron chi connectivity index (χ4n) is 3.73. The number of Topliss-reactive ketones (excluding diaryl/α,β-unsaturated/α-hetero) is 2. The molecule has 2 atom stereocenters. The largest absolute Gasteiger partial charge is 0.469 e. The minimum Gasteiger partial charge on any atom is -0.469 e. The molecule has 2 aliphatic rings. The van der Waals surface area contributed by atoms with Gasteiger partial charge in [-0.1, -0.05) is 24.3 Å². The lowest BCUT2D eigenvalue weighted by Crippen LogP contribution is -2.50. The molecule has 0 N–H and O–H groups in total. The molecule has 1 aromatic carbocycles. The van der Waals surface area contributed by atoms with Crippen molar-refractivity contribution in [2.45, 2.75) is 38.0 Å². The molecule has 4 nitrogen and oxygen atoms in total. The van der Waals surface area contributed by atoms with Crippen LogP contribution in [-0.4, -0.2) is 24.6 Å². The number of benzene rings is 1. The second kappa shape index (κ2) is 5.10. The molecule has 1 saturated carbocycles. The van der Waals surface area contributed by atoms with Gasteiger partial charge < -0.3 is 4.74 Å².